The molecule has 0 atom stereocenters. The number of hydrogen-bond donors (Lipinski definition) is 0. The van der Waals surface area contributed by atoms with E-state index < -0.39 is 5.63 Å². The molecule has 2 aromatic carbocycles. The molecule has 3 heterocycles. The SMILES string of the molecule is Cc1ccc(C)c(CN2CC=CN(C(=O)Cn3ncc4c(=O)oc5ccc(C)cc5c43)C2)c1. The van der Waals surface area contributed by atoms with E-state index in [1.54, 1.807) is 15.6 Å². The Labute approximate surface area is 191 Å². The summed E-state index contributed by atoms with van der Waals surface area (Å²) in [6.45, 7) is 8.29. The van der Waals surface area contributed by atoms with E-state index in [0.29, 0.717) is 23.2 Å². The average molecular weight is 443 g/mol. The third kappa shape index (κ3) is 4.07. The van der Waals surface area contributed by atoms with Crippen molar-refractivity contribution < 1.29 is 9.21 Å². The summed E-state index contributed by atoms with van der Waals surface area (Å²) in [7, 11) is 0. The second-order valence-corrected chi connectivity index (χ2v) is 8.78. The van der Waals surface area contributed by atoms with Crippen molar-refractivity contribution in [2.45, 2.75) is 33.9 Å². The Morgan fingerprint density at radius 1 is 1.06 bits per heavy atom. The summed E-state index contributed by atoms with van der Waals surface area (Å²) in [5.41, 5.74) is 5.46. The van der Waals surface area contributed by atoms with Crippen molar-refractivity contribution >= 4 is 27.8 Å². The molecule has 168 valence electrons. The fourth-order valence-electron chi connectivity index (χ4n) is 4.36. The quantitative estimate of drug-likeness (QED) is 0.449. The van der Waals surface area contributed by atoms with Crippen LogP contribution in [0.4, 0.5) is 0 Å². The van der Waals surface area contributed by atoms with Crippen LogP contribution in [-0.4, -0.2) is 38.7 Å². The zero-order valence-electron chi connectivity index (χ0n) is 19.0. The Morgan fingerprint density at radius 3 is 2.70 bits per heavy atom. The fourth-order valence-corrected chi connectivity index (χ4v) is 4.36. The van der Waals surface area contributed by atoms with Gasteiger partial charge in [0.05, 0.1) is 18.4 Å². The number of nitrogens with zero attached hydrogens (tertiary/aromatic N) is 4. The van der Waals surface area contributed by atoms with Crippen molar-refractivity contribution in [3.8, 4) is 0 Å². The van der Waals surface area contributed by atoms with E-state index in [4.69, 9.17) is 4.42 Å². The first kappa shape index (κ1) is 21.2. The normalized spacial score (nSPS) is 14.5. The van der Waals surface area contributed by atoms with Crippen LogP contribution in [0.5, 0.6) is 0 Å². The maximum absolute atomic E-state index is 13.2. The van der Waals surface area contributed by atoms with Crippen LogP contribution < -0.4 is 5.63 Å². The van der Waals surface area contributed by atoms with Gasteiger partial charge in [-0.25, -0.2) is 4.79 Å². The van der Waals surface area contributed by atoms with Gasteiger partial charge in [0, 0.05) is 24.7 Å². The Hall–Kier alpha value is -3.71. The molecule has 7 heteroatoms. The molecule has 33 heavy (non-hydrogen) atoms. The van der Waals surface area contributed by atoms with Gasteiger partial charge in [0.2, 0.25) is 5.91 Å². The maximum atomic E-state index is 13.2. The minimum atomic E-state index is -0.447. The average Bonchev–Trinajstić information content (AvgIpc) is 3.22. The third-order valence-corrected chi connectivity index (χ3v) is 6.16. The number of hydrogen-bond acceptors (Lipinski definition) is 5. The molecule has 1 aliphatic heterocycles. The molecular weight excluding hydrogens is 416 g/mol. The number of carbonyl (C=O) groups excluding carboxylic acids is 1. The molecule has 0 radical (unpaired) electrons. The summed E-state index contributed by atoms with van der Waals surface area (Å²) in [5, 5.41) is 5.51. The van der Waals surface area contributed by atoms with Crippen molar-refractivity contribution in [2.24, 2.45) is 0 Å². The molecule has 0 aliphatic carbocycles. The van der Waals surface area contributed by atoms with E-state index in [-0.39, 0.29) is 12.5 Å². The Kier molecular flexibility index (Phi) is 5.34. The van der Waals surface area contributed by atoms with Crippen LogP contribution in [0.25, 0.3) is 21.9 Å². The number of rotatable bonds is 4. The molecule has 0 unspecified atom stereocenters. The van der Waals surface area contributed by atoms with E-state index in [0.717, 1.165) is 24.0 Å². The third-order valence-electron chi connectivity index (χ3n) is 6.16. The summed E-state index contributed by atoms with van der Waals surface area (Å²) in [6, 6.07) is 12.1. The molecule has 1 aliphatic rings. The predicted octanol–water partition coefficient (Wildman–Crippen LogP) is 3.88. The first-order valence-corrected chi connectivity index (χ1v) is 11.0. The van der Waals surface area contributed by atoms with Crippen molar-refractivity contribution in [3.63, 3.8) is 0 Å². The standard InChI is InChI=1S/C26H26N4O3/c1-17-5-7-19(3)20(11-17)14-28-9-4-10-29(16-28)24(31)15-30-25-21-12-18(2)6-8-23(21)33-26(32)22(25)13-27-30/h4-8,10-13H,9,14-16H2,1-3H3. The summed E-state index contributed by atoms with van der Waals surface area (Å²) in [4.78, 5) is 29.6. The second-order valence-electron chi connectivity index (χ2n) is 8.78. The van der Waals surface area contributed by atoms with Gasteiger partial charge in [-0.15, -0.1) is 0 Å². The van der Waals surface area contributed by atoms with Crippen LogP contribution in [0.1, 0.15) is 22.3 Å². The Balaban J connectivity index is 1.39. The zero-order chi connectivity index (χ0) is 23.1. The van der Waals surface area contributed by atoms with Crippen molar-refractivity contribution in [1.29, 1.82) is 0 Å². The van der Waals surface area contributed by atoms with Gasteiger partial charge in [-0.1, -0.05) is 41.5 Å². The van der Waals surface area contributed by atoms with E-state index in [1.807, 2.05) is 31.3 Å². The monoisotopic (exact) mass is 442 g/mol. The lowest BCUT2D eigenvalue weighted by molar-refractivity contribution is -0.131. The molecule has 1 amide bonds. The van der Waals surface area contributed by atoms with Crippen LogP contribution in [0.3, 0.4) is 0 Å². The van der Waals surface area contributed by atoms with Gasteiger partial charge >= 0.3 is 5.63 Å². The number of aryl methyl sites for hydroxylation is 3. The molecule has 0 fully saturated rings. The lowest BCUT2D eigenvalue weighted by Crippen LogP contribution is -2.42. The lowest BCUT2D eigenvalue weighted by atomic mass is 10.1. The van der Waals surface area contributed by atoms with Crippen LogP contribution in [0.2, 0.25) is 0 Å². The molecule has 0 N–H and O–H groups in total. The smallest absolute Gasteiger partial charge is 0.347 e. The summed E-state index contributed by atoms with van der Waals surface area (Å²) >= 11 is 0. The lowest BCUT2D eigenvalue weighted by Gasteiger charge is -2.31. The Morgan fingerprint density at radius 2 is 1.85 bits per heavy atom. The van der Waals surface area contributed by atoms with Crippen molar-refractivity contribution in [3.05, 3.63) is 87.5 Å². The largest absolute Gasteiger partial charge is 0.422 e. The minimum Gasteiger partial charge on any atom is -0.422 e. The first-order valence-electron chi connectivity index (χ1n) is 11.0. The van der Waals surface area contributed by atoms with Crippen LogP contribution in [0, 0.1) is 20.8 Å². The van der Waals surface area contributed by atoms with Crippen molar-refractivity contribution in [2.75, 3.05) is 13.2 Å². The highest BCUT2D eigenvalue weighted by Crippen LogP contribution is 2.24. The second kappa shape index (κ2) is 8.33. The van der Waals surface area contributed by atoms with Crippen LogP contribution in [-0.2, 0) is 17.9 Å². The fraction of sp³-hybridized carbons (Fsp3) is 0.269. The Bertz CT molecular complexity index is 1460. The molecule has 0 spiro atoms. The number of fused-ring (bicyclic) bond motifs is 3. The minimum absolute atomic E-state index is 0.0393. The highest BCUT2D eigenvalue weighted by Gasteiger charge is 2.21. The van der Waals surface area contributed by atoms with E-state index in [1.165, 1.54) is 22.9 Å². The zero-order valence-corrected chi connectivity index (χ0v) is 19.0. The molecule has 0 bridgehead atoms. The molecule has 0 saturated carbocycles. The molecule has 2 aromatic heterocycles. The molecular formula is C26H26N4O3. The van der Waals surface area contributed by atoms with Gasteiger partial charge in [-0.2, -0.15) is 5.10 Å². The van der Waals surface area contributed by atoms with Gasteiger partial charge < -0.3 is 9.32 Å². The highest BCUT2D eigenvalue weighted by atomic mass is 16.4. The molecule has 7 nitrogen and oxygen atoms in total. The number of benzene rings is 2. The van der Waals surface area contributed by atoms with Crippen molar-refractivity contribution in [1.82, 2.24) is 19.6 Å². The van der Waals surface area contributed by atoms with Crippen LogP contribution in [0.15, 0.2) is 64.1 Å². The number of carbonyl (C=O) groups is 1. The van der Waals surface area contributed by atoms with Gasteiger partial charge in [-0.05, 0) is 44.0 Å². The van der Waals surface area contributed by atoms with Gasteiger partial charge in [0.1, 0.15) is 17.5 Å². The molecule has 4 aromatic rings. The van der Waals surface area contributed by atoms with E-state index in [9.17, 15) is 9.59 Å². The van der Waals surface area contributed by atoms with Gasteiger partial charge in [0.25, 0.3) is 0 Å². The predicted molar refractivity (Wildman–Crippen MR) is 128 cm³/mol. The van der Waals surface area contributed by atoms with E-state index in [2.05, 4.69) is 42.0 Å². The van der Waals surface area contributed by atoms with E-state index >= 15 is 0 Å². The number of amides is 1. The topological polar surface area (TPSA) is 71.6 Å². The van der Waals surface area contributed by atoms with Gasteiger partial charge in [0.15, 0.2) is 0 Å². The maximum Gasteiger partial charge on any atom is 0.347 e. The number of aromatic nitrogens is 2. The van der Waals surface area contributed by atoms with Crippen LogP contribution >= 0.6 is 0 Å². The molecule has 0 saturated heterocycles. The first-order chi connectivity index (χ1) is 15.9. The summed E-state index contributed by atoms with van der Waals surface area (Å²) in [6.07, 6.45) is 5.32. The summed E-state index contributed by atoms with van der Waals surface area (Å²) in [5.74, 6) is -0.0871. The summed E-state index contributed by atoms with van der Waals surface area (Å²) < 4.78 is 7.04. The molecule has 5 rings (SSSR count). The highest BCUT2D eigenvalue weighted by molar-refractivity contribution is 6.02. The van der Waals surface area contributed by atoms with Gasteiger partial charge in [-0.3, -0.25) is 14.4 Å².